The molecule has 2 amide bonds. The van der Waals surface area contributed by atoms with Gasteiger partial charge in [0.2, 0.25) is 11.8 Å². The molecule has 1 heterocycles. The molecule has 1 aliphatic heterocycles. The van der Waals surface area contributed by atoms with E-state index in [2.05, 4.69) is 0 Å². The van der Waals surface area contributed by atoms with Crippen molar-refractivity contribution in [1.29, 1.82) is 0 Å². The lowest BCUT2D eigenvalue weighted by Crippen LogP contribution is -2.40. The average Bonchev–Trinajstić information content (AvgIpc) is 2.38. The lowest BCUT2D eigenvalue weighted by atomic mass is 9.89. The minimum Gasteiger partial charge on any atom is -0.393 e. The number of thiocarbonyl (C=S) groups is 1. The van der Waals surface area contributed by atoms with Gasteiger partial charge in [-0.05, 0) is 19.3 Å². The summed E-state index contributed by atoms with van der Waals surface area (Å²) in [6.07, 6.45) is 3.18. The van der Waals surface area contributed by atoms with Crippen molar-refractivity contribution in [2.75, 3.05) is 6.54 Å². The maximum atomic E-state index is 11.8. The molecule has 0 radical (unpaired) electrons. The predicted molar refractivity (Wildman–Crippen MR) is 70.4 cm³/mol. The molecule has 0 bridgehead atoms. The second-order valence-corrected chi connectivity index (χ2v) is 5.58. The van der Waals surface area contributed by atoms with Crippen molar-refractivity contribution in [3.63, 3.8) is 0 Å². The van der Waals surface area contributed by atoms with Crippen LogP contribution in [-0.2, 0) is 9.59 Å². The Morgan fingerprint density at radius 1 is 1.29 bits per heavy atom. The van der Waals surface area contributed by atoms with Crippen LogP contribution in [0.25, 0.3) is 0 Å². The van der Waals surface area contributed by atoms with Gasteiger partial charge in [0.15, 0.2) is 0 Å². The maximum absolute atomic E-state index is 11.8. The van der Waals surface area contributed by atoms with Crippen LogP contribution in [0.4, 0.5) is 0 Å². The van der Waals surface area contributed by atoms with E-state index in [0.29, 0.717) is 30.8 Å². The SMILES string of the molecule is CC(C)(CCN1C(=O)CCCCC1=O)C(N)=S. The van der Waals surface area contributed by atoms with E-state index >= 15 is 0 Å². The molecule has 0 aliphatic carbocycles. The first-order chi connectivity index (χ1) is 7.84. The van der Waals surface area contributed by atoms with Crippen LogP contribution in [0.15, 0.2) is 0 Å². The predicted octanol–water partition coefficient (Wildman–Crippen LogP) is 1.62. The zero-order valence-electron chi connectivity index (χ0n) is 10.5. The number of carbonyl (C=O) groups is 2. The molecule has 0 saturated carbocycles. The van der Waals surface area contributed by atoms with Gasteiger partial charge in [0.1, 0.15) is 0 Å². The minimum atomic E-state index is -0.317. The lowest BCUT2D eigenvalue weighted by Gasteiger charge is -2.27. The van der Waals surface area contributed by atoms with Gasteiger partial charge in [0.05, 0.1) is 4.99 Å². The van der Waals surface area contributed by atoms with Crippen LogP contribution >= 0.6 is 12.2 Å². The highest BCUT2D eigenvalue weighted by Crippen LogP contribution is 2.22. The van der Waals surface area contributed by atoms with Gasteiger partial charge in [-0.2, -0.15) is 0 Å². The first kappa shape index (κ1) is 14.1. The first-order valence-corrected chi connectivity index (χ1v) is 6.38. The van der Waals surface area contributed by atoms with E-state index in [1.165, 1.54) is 4.90 Å². The van der Waals surface area contributed by atoms with Crippen LogP contribution in [0.5, 0.6) is 0 Å². The summed E-state index contributed by atoms with van der Waals surface area (Å²) in [5.41, 5.74) is 5.31. The van der Waals surface area contributed by atoms with Crippen molar-refractivity contribution < 1.29 is 9.59 Å². The Balaban J connectivity index is 2.62. The van der Waals surface area contributed by atoms with E-state index in [-0.39, 0.29) is 17.2 Å². The number of hydrogen-bond donors (Lipinski definition) is 1. The Labute approximate surface area is 108 Å². The van der Waals surface area contributed by atoms with E-state index in [0.717, 1.165) is 12.8 Å². The Morgan fingerprint density at radius 2 is 1.76 bits per heavy atom. The van der Waals surface area contributed by atoms with E-state index in [9.17, 15) is 9.59 Å². The van der Waals surface area contributed by atoms with Crippen molar-refractivity contribution in [2.24, 2.45) is 11.1 Å². The van der Waals surface area contributed by atoms with Gasteiger partial charge < -0.3 is 5.73 Å². The second kappa shape index (κ2) is 5.58. The van der Waals surface area contributed by atoms with E-state index in [1.54, 1.807) is 0 Å². The van der Waals surface area contributed by atoms with Gasteiger partial charge in [0, 0.05) is 24.8 Å². The van der Waals surface area contributed by atoms with Gasteiger partial charge >= 0.3 is 0 Å². The molecule has 4 nitrogen and oxygen atoms in total. The summed E-state index contributed by atoms with van der Waals surface area (Å²) in [6, 6.07) is 0. The molecular formula is C12H20N2O2S. The molecule has 96 valence electrons. The summed E-state index contributed by atoms with van der Waals surface area (Å²) < 4.78 is 0. The third kappa shape index (κ3) is 3.77. The number of carbonyl (C=O) groups excluding carboxylic acids is 2. The molecule has 1 fully saturated rings. The number of likely N-dealkylation sites (tertiary alicyclic amines) is 1. The number of nitrogens with two attached hydrogens (primary N) is 1. The minimum absolute atomic E-state index is 0.0637. The second-order valence-electron chi connectivity index (χ2n) is 5.14. The monoisotopic (exact) mass is 256 g/mol. The topological polar surface area (TPSA) is 63.4 Å². The smallest absolute Gasteiger partial charge is 0.229 e. The van der Waals surface area contributed by atoms with Crippen LogP contribution in [0, 0.1) is 5.41 Å². The zero-order valence-corrected chi connectivity index (χ0v) is 11.3. The van der Waals surface area contributed by atoms with Gasteiger partial charge in [-0.1, -0.05) is 26.1 Å². The van der Waals surface area contributed by atoms with Crippen LogP contribution in [0.2, 0.25) is 0 Å². The summed E-state index contributed by atoms with van der Waals surface area (Å²) >= 11 is 4.97. The maximum Gasteiger partial charge on any atom is 0.229 e. The Bertz CT molecular complexity index is 321. The molecule has 0 spiro atoms. The van der Waals surface area contributed by atoms with Crippen LogP contribution in [0.3, 0.4) is 0 Å². The van der Waals surface area contributed by atoms with E-state index in [4.69, 9.17) is 18.0 Å². The van der Waals surface area contributed by atoms with Gasteiger partial charge in [0.25, 0.3) is 0 Å². The van der Waals surface area contributed by atoms with Crippen molar-refractivity contribution >= 4 is 29.0 Å². The number of hydrogen-bond acceptors (Lipinski definition) is 3. The van der Waals surface area contributed by atoms with Crippen molar-refractivity contribution in [1.82, 2.24) is 4.90 Å². The van der Waals surface area contributed by atoms with E-state index < -0.39 is 0 Å². The summed E-state index contributed by atoms with van der Waals surface area (Å²) in [7, 11) is 0. The van der Waals surface area contributed by atoms with Crippen LogP contribution in [-0.4, -0.2) is 28.2 Å². The van der Waals surface area contributed by atoms with Crippen molar-refractivity contribution in [3.8, 4) is 0 Å². The first-order valence-electron chi connectivity index (χ1n) is 5.98. The number of rotatable bonds is 4. The Morgan fingerprint density at radius 3 is 2.18 bits per heavy atom. The summed E-state index contributed by atoms with van der Waals surface area (Å²) in [4.78, 5) is 25.3. The van der Waals surface area contributed by atoms with Crippen LogP contribution in [0.1, 0.15) is 46.0 Å². The largest absolute Gasteiger partial charge is 0.393 e. The molecule has 0 aromatic carbocycles. The lowest BCUT2D eigenvalue weighted by molar-refractivity contribution is -0.144. The zero-order chi connectivity index (χ0) is 13.1. The summed E-state index contributed by atoms with van der Waals surface area (Å²) in [5, 5.41) is 0. The molecule has 1 rings (SSSR count). The fourth-order valence-corrected chi connectivity index (χ4v) is 1.83. The molecule has 1 aliphatic rings. The molecule has 1 saturated heterocycles. The number of nitrogens with zero attached hydrogens (tertiary/aromatic N) is 1. The highest BCUT2D eigenvalue weighted by atomic mass is 32.1. The molecular weight excluding hydrogens is 236 g/mol. The quantitative estimate of drug-likeness (QED) is 0.613. The van der Waals surface area contributed by atoms with Crippen LogP contribution < -0.4 is 5.73 Å². The fourth-order valence-electron chi connectivity index (χ4n) is 1.73. The molecule has 0 aromatic heterocycles. The number of amides is 2. The molecule has 17 heavy (non-hydrogen) atoms. The van der Waals surface area contributed by atoms with Crippen molar-refractivity contribution in [3.05, 3.63) is 0 Å². The Kier molecular flexibility index (Phi) is 4.62. The van der Waals surface area contributed by atoms with Gasteiger partial charge in [-0.3, -0.25) is 14.5 Å². The Hall–Kier alpha value is -0.970. The summed E-state index contributed by atoms with van der Waals surface area (Å²) in [5.74, 6) is -0.127. The molecule has 0 atom stereocenters. The van der Waals surface area contributed by atoms with Gasteiger partial charge in [-0.15, -0.1) is 0 Å². The summed E-state index contributed by atoms with van der Waals surface area (Å²) in [6.45, 7) is 4.28. The fraction of sp³-hybridized carbons (Fsp3) is 0.750. The third-order valence-corrected chi connectivity index (χ3v) is 3.81. The third-order valence-electron chi connectivity index (χ3n) is 3.26. The standard InChI is InChI=1S/C12H20N2O2S/c1-12(2,11(13)17)7-8-14-9(15)5-3-4-6-10(14)16/h3-8H2,1-2H3,(H2,13,17). The molecule has 2 N–H and O–H groups in total. The molecule has 0 unspecified atom stereocenters. The van der Waals surface area contributed by atoms with Crippen molar-refractivity contribution in [2.45, 2.75) is 46.0 Å². The molecule has 5 heteroatoms. The van der Waals surface area contributed by atoms with Gasteiger partial charge in [-0.25, -0.2) is 0 Å². The number of imide groups is 1. The van der Waals surface area contributed by atoms with E-state index in [1.807, 2.05) is 13.8 Å². The molecule has 0 aromatic rings. The normalized spacial score (nSPS) is 18.1. The average molecular weight is 256 g/mol. The highest BCUT2D eigenvalue weighted by molar-refractivity contribution is 7.80. The highest BCUT2D eigenvalue weighted by Gasteiger charge is 2.28.